The summed E-state index contributed by atoms with van der Waals surface area (Å²) in [4.78, 5) is 8.98. The molecule has 1 aliphatic rings. The first-order valence-electron chi connectivity index (χ1n) is 11.6. The maximum Gasteiger partial charge on any atom is 0.416 e. The lowest BCUT2D eigenvalue weighted by Crippen LogP contribution is -2.17. The summed E-state index contributed by atoms with van der Waals surface area (Å²) in [6.07, 6.45) is -3.56. The minimum Gasteiger partial charge on any atom is -0.493 e. The molecule has 194 valence electrons. The smallest absolute Gasteiger partial charge is 0.416 e. The second kappa shape index (κ2) is 10.8. The molecule has 1 unspecified atom stereocenters. The number of alkyl halides is 3. The number of aromatic nitrogens is 2. The van der Waals surface area contributed by atoms with Crippen LogP contribution in [0.1, 0.15) is 36.3 Å². The van der Waals surface area contributed by atoms with Gasteiger partial charge in [-0.25, -0.2) is 9.97 Å². The topological polar surface area (TPSA) is 101 Å². The van der Waals surface area contributed by atoms with E-state index in [1.54, 1.807) is 26.0 Å². The van der Waals surface area contributed by atoms with Gasteiger partial charge in [-0.1, -0.05) is 0 Å². The van der Waals surface area contributed by atoms with E-state index in [9.17, 15) is 13.2 Å². The third-order valence-corrected chi connectivity index (χ3v) is 5.83. The molecule has 4 rings (SSSR count). The van der Waals surface area contributed by atoms with Crippen LogP contribution in [-0.2, 0) is 15.7 Å². The van der Waals surface area contributed by atoms with Crippen molar-refractivity contribution in [3.63, 3.8) is 0 Å². The fraction of sp³-hybridized carbons (Fsp3) is 0.440. The Morgan fingerprint density at radius 1 is 1.14 bits per heavy atom. The summed E-state index contributed by atoms with van der Waals surface area (Å²) in [6.45, 7) is 5.44. The summed E-state index contributed by atoms with van der Waals surface area (Å²) < 4.78 is 62.3. The zero-order valence-electron chi connectivity index (χ0n) is 20.3. The molecule has 3 aromatic rings. The first-order valence-corrected chi connectivity index (χ1v) is 11.6. The lowest BCUT2D eigenvalue weighted by molar-refractivity contribution is -0.137. The summed E-state index contributed by atoms with van der Waals surface area (Å²) in [6, 6.07) is 6.47. The second-order valence-electron chi connectivity index (χ2n) is 8.60. The molecule has 0 amide bonds. The van der Waals surface area contributed by atoms with E-state index in [-0.39, 0.29) is 11.8 Å². The second-order valence-corrected chi connectivity index (χ2v) is 8.60. The maximum absolute atomic E-state index is 13.3. The maximum atomic E-state index is 13.3. The van der Waals surface area contributed by atoms with Crippen molar-refractivity contribution in [1.29, 1.82) is 0 Å². The summed E-state index contributed by atoms with van der Waals surface area (Å²) in [5.41, 5.74) is 5.96. The monoisotopic (exact) mass is 506 g/mol. The molecule has 11 heteroatoms. The van der Waals surface area contributed by atoms with Crippen molar-refractivity contribution in [3.8, 4) is 11.5 Å². The van der Waals surface area contributed by atoms with Crippen molar-refractivity contribution in [2.24, 2.45) is 0 Å². The van der Waals surface area contributed by atoms with E-state index in [2.05, 4.69) is 15.3 Å². The van der Waals surface area contributed by atoms with Gasteiger partial charge in [0.15, 0.2) is 11.5 Å². The van der Waals surface area contributed by atoms with Crippen LogP contribution in [-0.4, -0.2) is 49.6 Å². The summed E-state index contributed by atoms with van der Waals surface area (Å²) >= 11 is 0. The van der Waals surface area contributed by atoms with Gasteiger partial charge in [0, 0.05) is 23.7 Å². The van der Waals surface area contributed by atoms with Gasteiger partial charge in [-0.05, 0) is 50.1 Å². The largest absolute Gasteiger partial charge is 0.493 e. The molecule has 0 bridgehead atoms. The Kier molecular flexibility index (Phi) is 7.70. The van der Waals surface area contributed by atoms with Gasteiger partial charge >= 0.3 is 6.18 Å². The number of fused-ring (bicyclic) bond motifs is 1. The number of halogens is 3. The molecule has 8 nitrogen and oxygen atoms in total. The van der Waals surface area contributed by atoms with Crippen LogP contribution >= 0.6 is 0 Å². The Labute approximate surface area is 206 Å². The van der Waals surface area contributed by atoms with Crippen LogP contribution in [0, 0.1) is 6.92 Å². The quantitative estimate of drug-likeness (QED) is 0.312. The molecular weight excluding hydrogens is 477 g/mol. The van der Waals surface area contributed by atoms with Crippen molar-refractivity contribution >= 4 is 22.4 Å². The zero-order valence-corrected chi connectivity index (χ0v) is 20.3. The summed E-state index contributed by atoms with van der Waals surface area (Å²) in [5, 5.41) is 3.84. The van der Waals surface area contributed by atoms with Gasteiger partial charge in [0.05, 0.1) is 43.5 Å². The van der Waals surface area contributed by atoms with Gasteiger partial charge in [-0.2, -0.15) is 13.2 Å². The minimum atomic E-state index is -4.50. The van der Waals surface area contributed by atoms with E-state index in [1.807, 2.05) is 0 Å². The Bertz CT molecular complexity index is 1220. The fourth-order valence-corrected chi connectivity index (χ4v) is 4.02. The van der Waals surface area contributed by atoms with Crippen LogP contribution in [0.15, 0.2) is 30.3 Å². The Hall–Kier alpha value is -3.31. The third-order valence-electron chi connectivity index (χ3n) is 5.83. The zero-order chi connectivity index (χ0) is 25.9. The molecule has 0 aliphatic carbocycles. The van der Waals surface area contributed by atoms with Crippen LogP contribution in [0.5, 0.6) is 11.5 Å². The van der Waals surface area contributed by atoms with Crippen LogP contribution in [0.2, 0.25) is 0 Å². The first kappa shape index (κ1) is 25.8. The molecule has 1 fully saturated rings. The highest BCUT2D eigenvalue weighted by atomic mass is 19.4. The van der Waals surface area contributed by atoms with Gasteiger partial charge in [-0.15, -0.1) is 0 Å². The summed E-state index contributed by atoms with van der Waals surface area (Å²) in [7, 11) is 1.54. The van der Waals surface area contributed by atoms with Crippen molar-refractivity contribution < 1.29 is 32.1 Å². The van der Waals surface area contributed by atoms with E-state index >= 15 is 0 Å². The van der Waals surface area contributed by atoms with Crippen molar-refractivity contribution in [1.82, 2.24) is 9.97 Å². The molecule has 1 aromatic heterocycles. The molecule has 0 spiro atoms. The van der Waals surface area contributed by atoms with Crippen molar-refractivity contribution in [2.75, 3.05) is 44.6 Å². The number of methoxy groups -OCH3 is 1. The Balaban J connectivity index is 1.59. The molecular formula is C25H29F3N4O4. The number of nitrogen functional groups attached to an aromatic ring is 1. The highest BCUT2D eigenvalue weighted by Gasteiger charge is 2.31. The van der Waals surface area contributed by atoms with Crippen LogP contribution < -0.4 is 20.5 Å². The van der Waals surface area contributed by atoms with Gasteiger partial charge in [0.1, 0.15) is 18.2 Å². The number of aryl methyl sites for hydroxylation is 1. The number of ether oxygens (including phenoxy) is 4. The number of anilines is 2. The fourth-order valence-electron chi connectivity index (χ4n) is 4.02. The van der Waals surface area contributed by atoms with Gasteiger partial charge < -0.3 is 30.0 Å². The molecule has 36 heavy (non-hydrogen) atoms. The number of hydrogen-bond donors (Lipinski definition) is 2. The lowest BCUT2D eigenvalue weighted by atomic mass is 10.0. The highest BCUT2D eigenvalue weighted by molar-refractivity contribution is 5.92. The van der Waals surface area contributed by atoms with E-state index in [1.165, 1.54) is 13.2 Å². The van der Waals surface area contributed by atoms with Crippen LogP contribution in [0.25, 0.3) is 10.9 Å². The average molecular weight is 507 g/mol. The van der Waals surface area contributed by atoms with Gasteiger partial charge in [0.25, 0.3) is 0 Å². The predicted octanol–water partition coefficient (Wildman–Crippen LogP) is 4.91. The normalized spacial score (nSPS) is 16.8. The van der Waals surface area contributed by atoms with E-state index in [0.29, 0.717) is 66.0 Å². The number of benzene rings is 2. The molecule has 0 saturated carbocycles. The van der Waals surface area contributed by atoms with Gasteiger partial charge in [0.2, 0.25) is 0 Å². The number of hydrogen-bond acceptors (Lipinski definition) is 8. The highest BCUT2D eigenvalue weighted by Crippen LogP contribution is 2.37. The van der Waals surface area contributed by atoms with Crippen molar-refractivity contribution in [2.45, 2.75) is 38.6 Å². The molecule has 1 saturated heterocycles. The lowest BCUT2D eigenvalue weighted by Gasteiger charge is -2.20. The number of nitrogens with two attached hydrogens (primary N) is 1. The number of rotatable bonds is 9. The average Bonchev–Trinajstić information content (AvgIpc) is 3.34. The van der Waals surface area contributed by atoms with E-state index in [0.717, 1.165) is 18.6 Å². The summed E-state index contributed by atoms with van der Waals surface area (Å²) in [5.74, 6) is 1.91. The van der Waals surface area contributed by atoms with E-state index in [4.69, 9.17) is 24.7 Å². The SMILES string of the molecule is COc1cc2nc(C)nc(NC(C)c3cc(N)cc(C(F)(F)F)c3)c2cc1OCCO[C@@H]1CCOC1. The number of nitrogens with one attached hydrogen (secondary N) is 1. The van der Waals surface area contributed by atoms with E-state index < -0.39 is 17.8 Å². The Morgan fingerprint density at radius 2 is 1.94 bits per heavy atom. The molecule has 2 aromatic carbocycles. The standard InChI is InChI=1S/C25H29F3N4O4/c1-14(16-8-17(25(26,27)28)10-18(29)9-16)30-24-20-11-23(36-7-6-35-19-4-5-34-13-19)22(33-3)12-21(20)31-15(2)32-24/h8-12,14,19H,4-7,13,29H2,1-3H3,(H,30,31,32)/t14?,19-/m1/s1. The Morgan fingerprint density at radius 3 is 2.64 bits per heavy atom. The van der Waals surface area contributed by atoms with Gasteiger partial charge in [-0.3, -0.25) is 0 Å². The van der Waals surface area contributed by atoms with Crippen molar-refractivity contribution in [3.05, 3.63) is 47.3 Å². The minimum absolute atomic E-state index is 0.0315. The first-order chi connectivity index (χ1) is 17.1. The number of nitrogens with zero attached hydrogens (tertiary/aromatic N) is 2. The molecule has 1 aliphatic heterocycles. The third kappa shape index (κ3) is 6.08. The predicted molar refractivity (Wildman–Crippen MR) is 129 cm³/mol. The molecule has 2 atom stereocenters. The molecule has 2 heterocycles. The van der Waals surface area contributed by atoms with Crippen LogP contribution in [0.4, 0.5) is 24.7 Å². The molecule has 0 radical (unpaired) electrons. The molecule has 3 N–H and O–H groups in total. The van der Waals surface area contributed by atoms with Crippen LogP contribution in [0.3, 0.4) is 0 Å².